The number of nitrogens with zero attached hydrogens (tertiary/aromatic N) is 1. The lowest BCUT2D eigenvalue weighted by Gasteiger charge is -2.26. The molecule has 1 aliphatic heterocycles. The summed E-state index contributed by atoms with van der Waals surface area (Å²) in [5.41, 5.74) is 9.33. The van der Waals surface area contributed by atoms with Crippen LogP contribution in [0, 0.1) is 6.92 Å². The molecule has 1 unspecified atom stereocenters. The lowest BCUT2D eigenvalue weighted by atomic mass is 10.0. The van der Waals surface area contributed by atoms with Crippen LogP contribution in [0.2, 0.25) is 0 Å². The molecule has 2 N–H and O–H groups in total. The number of anilines is 1. The Morgan fingerprint density at radius 1 is 1.28 bits per heavy atom. The third-order valence-corrected chi connectivity index (χ3v) is 4.78. The predicted molar refractivity (Wildman–Crippen MR) is 104 cm³/mol. The van der Waals surface area contributed by atoms with Gasteiger partial charge in [-0.25, -0.2) is 0 Å². The van der Waals surface area contributed by atoms with Gasteiger partial charge in [-0.1, -0.05) is 24.3 Å². The Morgan fingerprint density at radius 3 is 2.80 bits per heavy atom. The van der Waals surface area contributed by atoms with E-state index in [1.807, 2.05) is 42.2 Å². The van der Waals surface area contributed by atoms with Crippen molar-refractivity contribution in [1.29, 1.82) is 0 Å². The number of halogens is 1. The third-order valence-electron chi connectivity index (χ3n) is 4.78. The van der Waals surface area contributed by atoms with Gasteiger partial charge in [0, 0.05) is 23.8 Å². The van der Waals surface area contributed by atoms with Crippen molar-refractivity contribution in [2.24, 2.45) is 0 Å². The number of carbonyl (C=O) groups is 1. The summed E-state index contributed by atoms with van der Waals surface area (Å²) in [7, 11) is 1.69. The first-order chi connectivity index (χ1) is 11.6. The number of benzene rings is 2. The molecule has 1 atom stereocenters. The Hall–Kier alpha value is -2.20. The van der Waals surface area contributed by atoms with Gasteiger partial charge in [0.1, 0.15) is 5.75 Å². The average Bonchev–Trinajstić information content (AvgIpc) is 3.05. The van der Waals surface area contributed by atoms with E-state index in [-0.39, 0.29) is 24.4 Å². The molecule has 0 aliphatic carbocycles. The van der Waals surface area contributed by atoms with Gasteiger partial charge in [-0.2, -0.15) is 0 Å². The molecule has 25 heavy (non-hydrogen) atoms. The van der Waals surface area contributed by atoms with E-state index in [1.165, 1.54) is 0 Å². The summed E-state index contributed by atoms with van der Waals surface area (Å²) in [6.07, 6.45) is 2.87. The average molecular weight is 361 g/mol. The second-order valence-electron chi connectivity index (χ2n) is 6.38. The number of carbonyl (C=O) groups excluding carboxylic acids is 1. The highest BCUT2D eigenvalue weighted by Gasteiger charge is 2.30. The van der Waals surface area contributed by atoms with Crippen LogP contribution in [0.4, 0.5) is 5.69 Å². The highest BCUT2D eigenvalue weighted by atomic mass is 35.5. The zero-order chi connectivity index (χ0) is 17.1. The Balaban J connectivity index is 0.00000225. The number of nitrogen functional groups attached to an aromatic ring is 1. The van der Waals surface area contributed by atoms with Crippen molar-refractivity contribution >= 4 is 24.0 Å². The molecule has 0 aromatic heterocycles. The van der Waals surface area contributed by atoms with Crippen LogP contribution in [-0.4, -0.2) is 30.5 Å². The molecule has 0 radical (unpaired) electrons. The highest BCUT2D eigenvalue weighted by molar-refractivity contribution is 5.96. The van der Waals surface area contributed by atoms with E-state index in [0.29, 0.717) is 11.3 Å². The number of nitrogens with two attached hydrogens (primary N) is 1. The summed E-state index contributed by atoms with van der Waals surface area (Å²) in [5.74, 6) is 0.967. The summed E-state index contributed by atoms with van der Waals surface area (Å²) in [4.78, 5) is 15.0. The van der Waals surface area contributed by atoms with E-state index in [2.05, 4.69) is 6.07 Å². The smallest absolute Gasteiger partial charge is 0.254 e. The Morgan fingerprint density at radius 2 is 2.04 bits per heavy atom. The maximum absolute atomic E-state index is 13.0. The normalized spacial score (nSPS) is 16.4. The van der Waals surface area contributed by atoms with E-state index >= 15 is 0 Å². The van der Waals surface area contributed by atoms with Gasteiger partial charge < -0.3 is 15.4 Å². The SMILES string of the molecule is COc1ccccc1CC1CCCN1C(=O)c1cc(N)ccc1C.Cl. The zero-order valence-corrected chi connectivity index (χ0v) is 15.5. The molecule has 5 heteroatoms. The van der Waals surface area contributed by atoms with Crippen LogP contribution in [-0.2, 0) is 6.42 Å². The fourth-order valence-electron chi connectivity index (χ4n) is 3.47. The fraction of sp³-hybridized carbons (Fsp3) is 0.350. The Bertz CT molecular complexity index is 748. The van der Waals surface area contributed by atoms with Crippen molar-refractivity contribution in [3.8, 4) is 5.75 Å². The second-order valence-corrected chi connectivity index (χ2v) is 6.38. The second kappa shape index (κ2) is 8.26. The molecule has 1 aliphatic rings. The van der Waals surface area contributed by atoms with Gasteiger partial charge in [-0.3, -0.25) is 4.79 Å². The van der Waals surface area contributed by atoms with E-state index < -0.39 is 0 Å². The monoisotopic (exact) mass is 360 g/mol. The van der Waals surface area contributed by atoms with Crippen molar-refractivity contribution in [2.75, 3.05) is 19.4 Å². The molecule has 1 heterocycles. The van der Waals surface area contributed by atoms with Crippen molar-refractivity contribution in [2.45, 2.75) is 32.2 Å². The van der Waals surface area contributed by atoms with Crippen LogP contribution in [0.5, 0.6) is 5.75 Å². The van der Waals surface area contributed by atoms with E-state index in [1.54, 1.807) is 13.2 Å². The van der Waals surface area contributed by atoms with Crippen LogP contribution in [0.25, 0.3) is 0 Å². The molecule has 3 rings (SSSR count). The molecule has 0 saturated carbocycles. The molecule has 2 aromatic rings. The Kier molecular flexibility index (Phi) is 6.32. The van der Waals surface area contributed by atoms with Gasteiger partial charge in [0.15, 0.2) is 0 Å². The molecule has 1 amide bonds. The molecule has 4 nitrogen and oxygen atoms in total. The first-order valence-electron chi connectivity index (χ1n) is 8.39. The summed E-state index contributed by atoms with van der Waals surface area (Å²) < 4.78 is 5.45. The van der Waals surface area contributed by atoms with Gasteiger partial charge in [-0.15, -0.1) is 12.4 Å². The van der Waals surface area contributed by atoms with Crippen molar-refractivity contribution in [1.82, 2.24) is 4.90 Å². The van der Waals surface area contributed by atoms with Gasteiger partial charge in [-0.05, 0) is 55.5 Å². The van der Waals surface area contributed by atoms with Crippen LogP contribution >= 0.6 is 12.4 Å². The van der Waals surface area contributed by atoms with Gasteiger partial charge in [0.05, 0.1) is 7.11 Å². The number of methoxy groups -OCH3 is 1. The quantitative estimate of drug-likeness (QED) is 0.842. The van der Waals surface area contributed by atoms with Crippen molar-refractivity contribution < 1.29 is 9.53 Å². The first kappa shape index (κ1) is 19.1. The van der Waals surface area contributed by atoms with E-state index in [4.69, 9.17) is 10.5 Å². The molecule has 1 fully saturated rings. The van der Waals surface area contributed by atoms with Crippen LogP contribution in [0.15, 0.2) is 42.5 Å². The standard InChI is InChI=1S/C20H24N2O2.ClH/c1-14-9-10-16(21)13-18(14)20(23)22-11-5-7-17(22)12-15-6-3-4-8-19(15)24-2;/h3-4,6,8-10,13,17H,5,7,11-12,21H2,1-2H3;1H. The molecule has 0 bridgehead atoms. The number of hydrogen-bond acceptors (Lipinski definition) is 3. The van der Waals surface area contributed by atoms with Gasteiger partial charge in [0.2, 0.25) is 0 Å². The maximum atomic E-state index is 13.0. The summed E-state index contributed by atoms with van der Waals surface area (Å²) in [6, 6.07) is 13.8. The number of aryl methyl sites for hydroxylation is 1. The fourth-order valence-corrected chi connectivity index (χ4v) is 3.47. The molecule has 1 saturated heterocycles. The largest absolute Gasteiger partial charge is 0.496 e. The Labute approximate surface area is 155 Å². The van der Waals surface area contributed by atoms with Crippen molar-refractivity contribution in [3.63, 3.8) is 0 Å². The van der Waals surface area contributed by atoms with Crippen LogP contribution < -0.4 is 10.5 Å². The number of ether oxygens (including phenoxy) is 1. The molecular formula is C20H25ClN2O2. The maximum Gasteiger partial charge on any atom is 0.254 e. The number of amides is 1. The molecule has 0 spiro atoms. The third kappa shape index (κ3) is 4.07. The number of para-hydroxylation sites is 1. The number of rotatable bonds is 4. The van der Waals surface area contributed by atoms with E-state index in [9.17, 15) is 4.79 Å². The molecular weight excluding hydrogens is 336 g/mol. The minimum atomic E-state index is 0. The minimum Gasteiger partial charge on any atom is -0.496 e. The molecule has 2 aromatic carbocycles. The first-order valence-corrected chi connectivity index (χ1v) is 8.39. The van der Waals surface area contributed by atoms with Crippen LogP contribution in [0.1, 0.15) is 34.3 Å². The lowest BCUT2D eigenvalue weighted by molar-refractivity contribution is 0.0735. The van der Waals surface area contributed by atoms with Crippen molar-refractivity contribution in [3.05, 3.63) is 59.2 Å². The molecule has 134 valence electrons. The lowest BCUT2D eigenvalue weighted by Crippen LogP contribution is -2.37. The highest BCUT2D eigenvalue weighted by Crippen LogP contribution is 2.28. The van der Waals surface area contributed by atoms with Gasteiger partial charge in [0.25, 0.3) is 5.91 Å². The van der Waals surface area contributed by atoms with Crippen LogP contribution in [0.3, 0.4) is 0 Å². The topological polar surface area (TPSA) is 55.6 Å². The number of likely N-dealkylation sites (tertiary alicyclic amines) is 1. The predicted octanol–water partition coefficient (Wildman–Crippen LogP) is 3.85. The summed E-state index contributed by atoms with van der Waals surface area (Å²) in [5, 5.41) is 0. The summed E-state index contributed by atoms with van der Waals surface area (Å²) in [6.45, 7) is 2.75. The summed E-state index contributed by atoms with van der Waals surface area (Å²) >= 11 is 0. The van der Waals surface area contributed by atoms with E-state index in [0.717, 1.165) is 42.7 Å². The number of hydrogen-bond donors (Lipinski definition) is 1. The zero-order valence-electron chi connectivity index (χ0n) is 14.7. The minimum absolute atomic E-state index is 0. The van der Waals surface area contributed by atoms with Gasteiger partial charge >= 0.3 is 0 Å².